The summed E-state index contributed by atoms with van der Waals surface area (Å²) in [6.07, 6.45) is 4.82. The number of guanidine groups is 2. The predicted octanol–water partition coefficient (Wildman–Crippen LogP) is -1.04. The fourth-order valence-corrected chi connectivity index (χ4v) is 3.56. The zero-order valence-electron chi connectivity index (χ0n) is 22.8. The molecule has 3 amide bonds. The molecule has 0 aliphatic heterocycles. The van der Waals surface area contributed by atoms with Gasteiger partial charge >= 0.3 is 0 Å². The summed E-state index contributed by atoms with van der Waals surface area (Å²) in [5.41, 5.74) is 21.3. The van der Waals surface area contributed by atoms with E-state index in [-0.39, 0.29) is 48.4 Å². The maximum atomic E-state index is 12.7. The first-order valence-electron chi connectivity index (χ1n) is 13.3. The molecule has 0 bridgehead atoms. The molecule has 11 N–H and O–H groups in total. The first kappa shape index (κ1) is 33.9. The first-order valence-corrected chi connectivity index (χ1v) is 13.3. The maximum Gasteiger partial charge on any atom is 0.223 e. The topological polar surface area (TPSA) is 219 Å². The molecule has 13 nitrogen and oxygen atoms in total. The number of rotatable bonds is 22. The highest BCUT2D eigenvalue weighted by Crippen LogP contribution is 2.06. The van der Waals surface area contributed by atoms with E-state index in [2.05, 4.69) is 25.9 Å². The summed E-state index contributed by atoms with van der Waals surface area (Å²) in [7, 11) is 0. The number of nitrogens with zero attached hydrogens (tertiary/aromatic N) is 3. The SMILES string of the molecule is CCC(CC)C(=O)NCCCNCCCNC(=O)CCC(=O)N(CCCN=C(N)N)CCCN=C(N)N. The fourth-order valence-electron chi connectivity index (χ4n) is 3.56. The summed E-state index contributed by atoms with van der Waals surface area (Å²) < 4.78 is 0. The van der Waals surface area contributed by atoms with Crippen LogP contribution in [-0.4, -0.2) is 86.9 Å². The van der Waals surface area contributed by atoms with Crippen molar-refractivity contribution in [2.45, 2.75) is 65.2 Å². The van der Waals surface area contributed by atoms with Crippen molar-refractivity contribution in [3.05, 3.63) is 0 Å². The zero-order valence-corrected chi connectivity index (χ0v) is 22.8. The molecule has 0 aliphatic carbocycles. The van der Waals surface area contributed by atoms with Crippen LogP contribution in [0.15, 0.2) is 9.98 Å². The van der Waals surface area contributed by atoms with E-state index in [0.29, 0.717) is 52.1 Å². The van der Waals surface area contributed by atoms with Crippen LogP contribution >= 0.6 is 0 Å². The maximum absolute atomic E-state index is 12.7. The average Bonchev–Trinajstić information content (AvgIpc) is 2.85. The van der Waals surface area contributed by atoms with Gasteiger partial charge in [-0.2, -0.15) is 0 Å². The molecule has 214 valence electrons. The average molecular weight is 527 g/mol. The normalized spacial score (nSPS) is 10.6. The number of carbonyl (C=O) groups is 3. The Hall–Kier alpha value is -3.09. The molecular weight excluding hydrogens is 476 g/mol. The Kier molecular flexibility index (Phi) is 20.3. The Morgan fingerprint density at radius 1 is 0.730 bits per heavy atom. The second-order valence-corrected chi connectivity index (χ2v) is 8.81. The van der Waals surface area contributed by atoms with Crippen LogP contribution < -0.4 is 38.9 Å². The lowest BCUT2D eigenvalue weighted by Crippen LogP contribution is -2.35. The molecule has 0 spiro atoms. The zero-order chi connectivity index (χ0) is 27.9. The summed E-state index contributed by atoms with van der Waals surface area (Å²) in [4.78, 5) is 46.3. The lowest BCUT2D eigenvalue weighted by Gasteiger charge is -2.22. The second-order valence-electron chi connectivity index (χ2n) is 8.81. The minimum atomic E-state index is -0.154. The van der Waals surface area contributed by atoms with Crippen molar-refractivity contribution in [3.8, 4) is 0 Å². The van der Waals surface area contributed by atoms with E-state index in [1.165, 1.54) is 0 Å². The highest BCUT2D eigenvalue weighted by atomic mass is 16.2. The molecule has 0 aliphatic rings. The predicted molar refractivity (Wildman–Crippen MR) is 149 cm³/mol. The van der Waals surface area contributed by atoms with Gasteiger partial charge in [-0.1, -0.05) is 13.8 Å². The summed E-state index contributed by atoms with van der Waals surface area (Å²) in [6, 6.07) is 0. The molecule has 0 fully saturated rings. The number of amides is 3. The first-order chi connectivity index (χ1) is 17.7. The molecule has 0 saturated carbocycles. The Labute approximate surface area is 221 Å². The fraction of sp³-hybridized carbons (Fsp3) is 0.792. The molecule has 0 unspecified atom stereocenters. The van der Waals surface area contributed by atoms with Gasteiger partial charge in [-0.3, -0.25) is 24.4 Å². The third kappa shape index (κ3) is 19.7. The Bertz CT molecular complexity index is 679. The van der Waals surface area contributed by atoms with Crippen molar-refractivity contribution in [2.24, 2.45) is 38.8 Å². The number of nitrogens with two attached hydrogens (primary N) is 4. The van der Waals surface area contributed by atoms with Crippen LogP contribution in [0.4, 0.5) is 0 Å². The number of hydrogen-bond acceptors (Lipinski definition) is 6. The minimum Gasteiger partial charge on any atom is -0.370 e. The molecule has 13 heteroatoms. The van der Waals surface area contributed by atoms with Gasteiger partial charge in [0.05, 0.1) is 0 Å². The molecule has 0 aromatic heterocycles. The summed E-state index contributed by atoms with van der Waals surface area (Å²) in [6.45, 7) is 8.60. The van der Waals surface area contributed by atoms with E-state index in [9.17, 15) is 14.4 Å². The van der Waals surface area contributed by atoms with Crippen LogP contribution in [0, 0.1) is 5.92 Å². The van der Waals surface area contributed by atoms with E-state index in [0.717, 1.165) is 38.8 Å². The summed E-state index contributed by atoms with van der Waals surface area (Å²) in [5, 5.41) is 9.13. The van der Waals surface area contributed by atoms with Crippen molar-refractivity contribution in [3.63, 3.8) is 0 Å². The van der Waals surface area contributed by atoms with Gasteiger partial charge in [0, 0.05) is 58.0 Å². The standard InChI is InChI=1S/C24H50N10O3/c1-3-19(4-2)22(37)31-14-6-12-29-11-5-13-30-20(35)9-10-21(36)34(17-7-15-32-23(25)26)18-8-16-33-24(27)28/h19,29H,3-18H2,1-2H3,(H,30,35)(H,31,37)(H4,25,26,32)(H4,27,28,33). The van der Waals surface area contributed by atoms with Crippen LogP contribution in [0.3, 0.4) is 0 Å². The largest absolute Gasteiger partial charge is 0.370 e. The van der Waals surface area contributed by atoms with E-state index in [1.807, 2.05) is 13.8 Å². The van der Waals surface area contributed by atoms with Crippen LogP contribution in [0.25, 0.3) is 0 Å². The monoisotopic (exact) mass is 526 g/mol. The highest BCUT2D eigenvalue weighted by molar-refractivity contribution is 5.83. The van der Waals surface area contributed by atoms with Crippen LogP contribution in [0.5, 0.6) is 0 Å². The van der Waals surface area contributed by atoms with Crippen LogP contribution in [-0.2, 0) is 14.4 Å². The molecule has 0 atom stereocenters. The summed E-state index contributed by atoms with van der Waals surface area (Å²) >= 11 is 0. The van der Waals surface area contributed by atoms with Gasteiger partial charge < -0.3 is 43.8 Å². The van der Waals surface area contributed by atoms with Crippen molar-refractivity contribution in [1.29, 1.82) is 0 Å². The Balaban J connectivity index is 4.09. The summed E-state index contributed by atoms with van der Waals surface area (Å²) in [5.74, 6) is -0.00839. The minimum absolute atomic E-state index is 0.0125. The molecule has 0 saturated heterocycles. The van der Waals surface area contributed by atoms with E-state index < -0.39 is 0 Å². The molecule has 0 radical (unpaired) electrons. The van der Waals surface area contributed by atoms with Crippen molar-refractivity contribution in [2.75, 3.05) is 52.4 Å². The third-order valence-corrected chi connectivity index (χ3v) is 5.72. The molecule has 0 aromatic rings. The second kappa shape index (κ2) is 22.1. The number of nitrogens with one attached hydrogen (secondary N) is 3. The van der Waals surface area contributed by atoms with Gasteiger partial charge in [0.2, 0.25) is 17.7 Å². The van der Waals surface area contributed by atoms with Gasteiger partial charge in [0.15, 0.2) is 11.9 Å². The number of hydrogen-bond donors (Lipinski definition) is 7. The molecular formula is C24H50N10O3. The van der Waals surface area contributed by atoms with Gasteiger partial charge in [-0.25, -0.2) is 0 Å². The number of carbonyl (C=O) groups excluding carboxylic acids is 3. The van der Waals surface area contributed by atoms with Crippen molar-refractivity contribution < 1.29 is 14.4 Å². The molecule has 0 rings (SSSR count). The van der Waals surface area contributed by atoms with E-state index in [1.54, 1.807) is 4.90 Å². The van der Waals surface area contributed by atoms with Crippen molar-refractivity contribution in [1.82, 2.24) is 20.9 Å². The molecule has 0 aromatic carbocycles. The van der Waals surface area contributed by atoms with E-state index >= 15 is 0 Å². The number of aliphatic imine (C=N–C) groups is 2. The van der Waals surface area contributed by atoms with Gasteiger partial charge in [0.25, 0.3) is 0 Å². The Morgan fingerprint density at radius 3 is 1.73 bits per heavy atom. The van der Waals surface area contributed by atoms with Gasteiger partial charge in [-0.05, 0) is 51.6 Å². The van der Waals surface area contributed by atoms with Gasteiger partial charge in [-0.15, -0.1) is 0 Å². The smallest absolute Gasteiger partial charge is 0.223 e. The van der Waals surface area contributed by atoms with Crippen molar-refractivity contribution >= 4 is 29.6 Å². The lowest BCUT2D eigenvalue weighted by molar-refractivity contribution is -0.133. The van der Waals surface area contributed by atoms with Crippen LogP contribution in [0.2, 0.25) is 0 Å². The lowest BCUT2D eigenvalue weighted by atomic mass is 10.0. The molecule has 37 heavy (non-hydrogen) atoms. The van der Waals surface area contributed by atoms with Gasteiger partial charge in [0.1, 0.15) is 0 Å². The third-order valence-electron chi connectivity index (χ3n) is 5.72. The Morgan fingerprint density at radius 2 is 1.24 bits per heavy atom. The molecule has 0 heterocycles. The highest BCUT2D eigenvalue weighted by Gasteiger charge is 2.15. The van der Waals surface area contributed by atoms with E-state index in [4.69, 9.17) is 22.9 Å². The quantitative estimate of drug-likeness (QED) is 0.0523. The van der Waals surface area contributed by atoms with Crippen LogP contribution in [0.1, 0.15) is 65.2 Å².